The molecule has 2 heterocycles. The number of hydrogen-bond donors (Lipinski definition) is 1. The van der Waals surface area contributed by atoms with Gasteiger partial charge in [0.1, 0.15) is 0 Å². The lowest BCUT2D eigenvalue weighted by Crippen LogP contribution is -2.39. The van der Waals surface area contributed by atoms with E-state index in [1.807, 2.05) is 37.4 Å². The van der Waals surface area contributed by atoms with Crippen LogP contribution in [0.25, 0.3) is 0 Å². The van der Waals surface area contributed by atoms with Crippen LogP contribution in [-0.2, 0) is 19.4 Å². The molecule has 2 aliphatic heterocycles. The summed E-state index contributed by atoms with van der Waals surface area (Å²) < 4.78 is 23.3. The largest absolute Gasteiger partial charge is 0.375 e. The first kappa shape index (κ1) is 19.7. The molecule has 0 aliphatic carbocycles. The van der Waals surface area contributed by atoms with E-state index >= 15 is 0 Å². The van der Waals surface area contributed by atoms with Gasteiger partial charge in [0.2, 0.25) is 11.8 Å². The van der Waals surface area contributed by atoms with Gasteiger partial charge in [-0.05, 0) is 25.0 Å². The molecule has 0 aromatic heterocycles. The van der Waals surface area contributed by atoms with Crippen molar-refractivity contribution < 1.29 is 18.0 Å². The van der Waals surface area contributed by atoms with Crippen molar-refractivity contribution in [1.82, 2.24) is 10.2 Å². The van der Waals surface area contributed by atoms with Gasteiger partial charge in [0, 0.05) is 44.8 Å². The third kappa shape index (κ3) is 5.00. The van der Waals surface area contributed by atoms with Gasteiger partial charge < -0.3 is 15.1 Å². The van der Waals surface area contributed by atoms with Gasteiger partial charge in [-0.2, -0.15) is 0 Å². The zero-order valence-electron chi connectivity index (χ0n) is 15.6. The molecular formula is C19H27N3O4S. The van der Waals surface area contributed by atoms with E-state index in [9.17, 15) is 18.0 Å². The van der Waals surface area contributed by atoms with Crippen LogP contribution in [-0.4, -0.2) is 69.4 Å². The molecule has 0 radical (unpaired) electrons. The van der Waals surface area contributed by atoms with Crippen LogP contribution < -0.4 is 10.2 Å². The van der Waals surface area contributed by atoms with E-state index in [1.165, 1.54) is 0 Å². The van der Waals surface area contributed by atoms with Crippen molar-refractivity contribution in [1.29, 1.82) is 0 Å². The van der Waals surface area contributed by atoms with Crippen molar-refractivity contribution in [2.75, 3.05) is 43.1 Å². The van der Waals surface area contributed by atoms with Gasteiger partial charge in [0.25, 0.3) is 0 Å². The summed E-state index contributed by atoms with van der Waals surface area (Å²) in [5.74, 6) is -0.450. The summed E-state index contributed by atoms with van der Waals surface area (Å²) in [5, 5.41) is 2.92. The van der Waals surface area contributed by atoms with E-state index in [1.54, 1.807) is 4.90 Å². The van der Waals surface area contributed by atoms with Crippen LogP contribution in [0.4, 0.5) is 5.69 Å². The highest BCUT2D eigenvalue weighted by atomic mass is 32.2. The Balaban J connectivity index is 1.41. The molecule has 2 atom stereocenters. The Labute approximate surface area is 160 Å². The predicted octanol–water partition coefficient (Wildman–Crippen LogP) is 0.665. The first-order chi connectivity index (χ1) is 12.9. The van der Waals surface area contributed by atoms with Crippen molar-refractivity contribution >= 4 is 27.3 Å². The number of likely N-dealkylation sites (tertiary alicyclic amines) is 1. The molecule has 3 rings (SSSR count). The van der Waals surface area contributed by atoms with E-state index in [4.69, 9.17) is 0 Å². The molecule has 2 saturated heterocycles. The van der Waals surface area contributed by atoms with Crippen molar-refractivity contribution in [3.05, 3.63) is 30.3 Å². The molecule has 1 aromatic carbocycles. The standard InChI is InChI=1S/C19H27N3O4S/c1-21(16-6-3-2-4-7-16)10-5-9-20-19(24)15-12-18(23)22(13-15)17-8-11-27(25,26)14-17/h2-4,6-7,15,17H,5,8-14H2,1H3,(H,20,24)/t15-,17-/m0/s1. The third-order valence-electron chi connectivity index (χ3n) is 5.34. The van der Waals surface area contributed by atoms with E-state index in [-0.39, 0.29) is 41.7 Å². The second kappa shape index (κ2) is 8.29. The maximum atomic E-state index is 12.4. The van der Waals surface area contributed by atoms with Crippen LogP contribution in [0.15, 0.2) is 30.3 Å². The fourth-order valence-electron chi connectivity index (χ4n) is 3.77. The van der Waals surface area contributed by atoms with Gasteiger partial charge in [0.05, 0.1) is 17.4 Å². The van der Waals surface area contributed by atoms with Gasteiger partial charge in [0.15, 0.2) is 9.84 Å². The van der Waals surface area contributed by atoms with Crippen LogP contribution in [0.5, 0.6) is 0 Å². The molecule has 1 N–H and O–H groups in total. The summed E-state index contributed by atoms with van der Waals surface area (Å²) in [6.07, 6.45) is 1.46. The highest BCUT2D eigenvalue weighted by molar-refractivity contribution is 7.91. The molecule has 0 saturated carbocycles. The monoisotopic (exact) mass is 393 g/mol. The number of para-hydroxylation sites is 1. The molecule has 1 aromatic rings. The van der Waals surface area contributed by atoms with E-state index in [2.05, 4.69) is 10.2 Å². The maximum Gasteiger partial charge on any atom is 0.225 e. The van der Waals surface area contributed by atoms with E-state index < -0.39 is 9.84 Å². The summed E-state index contributed by atoms with van der Waals surface area (Å²) >= 11 is 0. The summed E-state index contributed by atoms with van der Waals surface area (Å²) in [5.41, 5.74) is 1.13. The zero-order chi connectivity index (χ0) is 19.4. The topological polar surface area (TPSA) is 86.8 Å². The Hall–Kier alpha value is -2.09. The Morgan fingerprint density at radius 3 is 2.70 bits per heavy atom. The Bertz CT molecular complexity index is 781. The van der Waals surface area contributed by atoms with Crippen molar-refractivity contribution in [2.24, 2.45) is 5.92 Å². The number of carbonyl (C=O) groups is 2. The normalized spacial score (nSPS) is 24.2. The smallest absolute Gasteiger partial charge is 0.225 e. The molecule has 8 heteroatoms. The number of carbonyl (C=O) groups excluding carboxylic acids is 2. The van der Waals surface area contributed by atoms with E-state index in [0.29, 0.717) is 19.5 Å². The number of sulfone groups is 1. The lowest BCUT2D eigenvalue weighted by molar-refractivity contribution is -0.130. The van der Waals surface area contributed by atoms with Gasteiger partial charge in [-0.3, -0.25) is 9.59 Å². The van der Waals surface area contributed by atoms with Crippen molar-refractivity contribution in [3.63, 3.8) is 0 Å². The molecule has 2 fully saturated rings. The van der Waals surface area contributed by atoms with E-state index in [0.717, 1.165) is 18.7 Å². The lowest BCUT2D eigenvalue weighted by Gasteiger charge is -2.23. The summed E-state index contributed by atoms with van der Waals surface area (Å²) in [6.45, 7) is 1.70. The minimum atomic E-state index is -3.04. The zero-order valence-corrected chi connectivity index (χ0v) is 16.5. The molecule has 2 amide bonds. The highest BCUT2D eigenvalue weighted by Crippen LogP contribution is 2.26. The molecular weight excluding hydrogens is 366 g/mol. The number of hydrogen-bond acceptors (Lipinski definition) is 5. The molecule has 148 valence electrons. The van der Waals surface area contributed by atoms with Crippen LogP contribution in [0, 0.1) is 5.92 Å². The van der Waals surface area contributed by atoms with Crippen LogP contribution in [0.3, 0.4) is 0 Å². The summed E-state index contributed by atoms with van der Waals surface area (Å²) in [4.78, 5) is 28.3. The summed E-state index contributed by atoms with van der Waals surface area (Å²) in [7, 11) is -1.03. The minimum absolute atomic E-state index is 0.0267. The van der Waals surface area contributed by atoms with Gasteiger partial charge in [-0.15, -0.1) is 0 Å². The average Bonchev–Trinajstić information content (AvgIpc) is 3.21. The fraction of sp³-hybridized carbons (Fsp3) is 0.579. The first-order valence-electron chi connectivity index (χ1n) is 9.39. The van der Waals surface area contributed by atoms with Gasteiger partial charge in [-0.1, -0.05) is 18.2 Å². The fourth-order valence-corrected chi connectivity index (χ4v) is 5.50. The van der Waals surface area contributed by atoms with Gasteiger partial charge in [-0.25, -0.2) is 8.42 Å². The van der Waals surface area contributed by atoms with Crippen molar-refractivity contribution in [3.8, 4) is 0 Å². The Morgan fingerprint density at radius 2 is 2.04 bits per heavy atom. The maximum absolute atomic E-state index is 12.4. The second-order valence-corrected chi connectivity index (χ2v) is 9.63. The SMILES string of the molecule is CN(CCCNC(=O)[C@H]1CC(=O)N([C@H]2CCS(=O)(=O)C2)C1)c1ccccc1. The Kier molecular flexibility index (Phi) is 6.04. The Morgan fingerprint density at radius 1 is 1.30 bits per heavy atom. The number of amides is 2. The number of rotatable bonds is 7. The number of benzene rings is 1. The average molecular weight is 394 g/mol. The molecule has 0 spiro atoms. The summed E-state index contributed by atoms with van der Waals surface area (Å²) in [6, 6.07) is 9.78. The molecule has 27 heavy (non-hydrogen) atoms. The quantitative estimate of drug-likeness (QED) is 0.688. The van der Waals surface area contributed by atoms with Crippen molar-refractivity contribution in [2.45, 2.75) is 25.3 Å². The molecule has 7 nitrogen and oxygen atoms in total. The van der Waals surface area contributed by atoms with Crippen LogP contribution in [0.2, 0.25) is 0 Å². The first-order valence-corrected chi connectivity index (χ1v) is 11.2. The lowest BCUT2D eigenvalue weighted by atomic mass is 10.1. The second-order valence-electron chi connectivity index (χ2n) is 7.41. The number of anilines is 1. The van der Waals surface area contributed by atoms with Gasteiger partial charge >= 0.3 is 0 Å². The van der Waals surface area contributed by atoms with Crippen LogP contribution >= 0.6 is 0 Å². The molecule has 0 unspecified atom stereocenters. The number of nitrogens with zero attached hydrogens (tertiary/aromatic N) is 2. The number of nitrogens with one attached hydrogen (secondary N) is 1. The molecule has 2 aliphatic rings. The predicted molar refractivity (Wildman–Crippen MR) is 104 cm³/mol. The molecule has 0 bridgehead atoms. The highest BCUT2D eigenvalue weighted by Gasteiger charge is 2.41. The third-order valence-corrected chi connectivity index (χ3v) is 7.10. The van der Waals surface area contributed by atoms with Crippen LogP contribution in [0.1, 0.15) is 19.3 Å². The minimum Gasteiger partial charge on any atom is -0.375 e.